The lowest BCUT2D eigenvalue weighted by Gasteiger charge is -2.38. The van der Waals surface area contributed by atoms with Crippen LogP contribution in [0.15, 0.2) is 0 Å². The first-order valence-electron chi connectivity index (χ1n) is 13.8. The van der Waals surface area contributed by atoms with E-state index in [1.807, 2.05) is 20.8 Å². The Labute approximate surface area is 236 Å². The molecule has 0 radical (unpaired) electrons. The number of nitrogens with one attached hydrogen (secondary N) is 3. The maximum Gasteiger partial charge on any atom is 0.291 e. The molecular weight excluding hydrogens is 555 g/mol. The van der Waals surface area contributed by atoms with Crippen molar-refractivity contribution >= 4 is 41.1 Å². The quantitative estimate of drug-likeness (QED) is 0.277. The molecule has 0 spiro atoms. The van der Waals surface area contributed by atoms with Crippen molar-refractivity contribution in [3.8, 4) is 0 Å². The molecule has 0 bridgehead atoms. The predicted molar refractivity (Wildman–Crippen MR) is 137 cm³/mol. The fourth-order valence-corrected chi connectivity index (χ4v) is 6.46. The van der Waals surface area contributed by atoms with Crippen LogP contribution in [0.5, 0.6) is 0 Å². The van der Waals surface area contributed by atoms with Gasteiger partial charge in [-0.2, -0.15) is 0 Å². The van der Waals surface area contributed by atoms with Crippen molar-refractivity contribution in [2.45, 2.75) is 77.0 Å². The summed E-state index contributed by atoms with van der Waals surface area (Å²) < 4.78 is 40.5. The number of amides is 5. The van der Waals surface area contributed by atoms with Gasteiger partial charge in [0, 0.05) is 31.8 Å². The van der Waals surface area contributed by atoms with Gasteiger partial charge in [-0.15, -0.1) is 0 Å². The third-order valence-electron chi connectivity index (χ3n) is 9.26. The molecule has 224 valence electrons. The number of hydrogen-bond acceptors (Lipinski definition) is 5. The summed E-state index contributed by atoms with van der Waals surface area (Å²) in [5.41, 5.74) is -0.338. The molecule has 4 rings (SSSR count). The summed E-state index contributed by atoms with van der Waals surface area (Å²) in [6, 6.07) is -2.08. The molecular formula is C26H37ClF3N5O5. The van der Waals surface area contributed by atoms with Crippen LogP contribution in [-0.2, 0) is 24.0 Å². The number of halogens is 4. The lowest BCUT2D eigenvalue weighted by molar-refractivity contribution is -0.155. The zero-order valence-electron chi connectivity index (χ0n) is 23.0. The van der Waals surface area contributed by atoms with Crippen molar-refractivity contribution in [3.63, 3.8) is 0 Å². The number of fused-ring (bicyclic) bond motifs is 1. The molecule has 2 saturated heterocycles. The van der Waals surface area contributed by atoms with E-state index >= 15 is 0 Å². The number of likely N-dealkylation sites (tertiary alicyclic amines) is 1. The second-order valence-corrected chi connectivity index (χ2v) is 12.6. The normalized spacial score (nSPS) is 30.3. The Morgan fingerprint density at radius 3 is 2.38 bits per heavy atom. The minimum Gasteiger partial charge on any atom is -0.356 e. The molecule has 10 nitrogen and oxygen atoms in total. The van der Waals surface area contributed by atoms with E-state index in [0.29, 0.717) is 24.4 Å². The average Bonchev–Trinajstić information content (AvgIpc) is 3.21. The van der Waals surface area contributed by atoms with Crippen molar-refractivity contribution in [3.05, 3.63) is 0 Å². The largest absolute Gasteiger partial charge is 0.356 e. The van der Waals surface area contributed by atoms with Gasteiger partial charge in [-0.1, -0.05) is 45.7 Å². The van der Waals surface area contributed by atoms with Gasteiger partial charge < -0.3 is 15.5 Å². The summed E-state index contributed by atoms with van der Waals surface area (Å²) in [6.07, 6.45) is -0.273. The molecule has 4 fully saturated rings. The first-order chi connectivity index (χ1) is 18.6. The number of rotatable bonds is 9. The number of hydrazine groups is 1. The van der Waals surface area contributed by atoms with Crippen LogP contribution in [-0.4, -0.2) is 82.7 Å². The monoisotopic (exact) mass is 591 g/mol. The van der Waals surface area contributed by atoms with Gasteiger partial charge in [-0.05, 0) is 29.6 Å². The van der Waals surface area contributed by atoms with E-state index in [2.05, 4.69) is 16.1 Å². The van der Waals surface area contributed by atoms with E-state index in [4.69, 9.17) is 11.6 Å². The van der Waals surface area contributed by atoms with Crippen LogP contribution in [0.3, 0.4) is 0 Å². The fourth-order valence-electron chi connectivity index (χ4n) is 6.34. The Balaban J connectivity index is 1.53. The zero-order chi connectivity index (χ0) is 29.7. The lowest BCUT2D eigenvalue weighted by atomic mass is 9.80. The van der Waals surface area contributed by atoms with Crippen molar-refractivity contribution in [2.24, 2.45) is 35.0 Å². The summed E-state index contributed by atoms with van der Waals surface area (Å²) in [7, 11) is 0. The van der Waals surface area contributed by atoms with E-state index in [9.17, 15) is 37.1 Å². The highest BCUT2D eigenvalue weighted by Crippen LogP contribution is 2.65. The van der Waals surface area contributed by atoms with E-state index < -0.39 is 71.9 Å². The summed E-state index contributed by atoms with van der Waals surface area (Å²) in [4.78, 5) is 66.2. The SMILES string of the molecule is CC[C@H](C)[C@H](NC(=O)C1CC(F)(F)C1)C(=O)N1C[C@H]2[C@@H]([C@H]1C(=O)NN(C[C@@H]1CCNC1=O)C(=O)[C@H](F)Cl)C2(C)C. The van der Waals surface area contributed by atoms with Gasteiger partial charge in [0.25, 0.3) is 17.4 Å². The van der Waals surface area contributed by atoms with E-state index in [1.54, 1.807) is 6.92 Å². The Kier molecular flexibility index (Phi) is 8.37. The Hall–Kier alpha value is -2.57. The summed E-state index contributed by atoms with van der Waals surface area (Å²) in [5.74, 6) is -8.57. The minimum atomic E-state index is -2.90. The van der Waals surface area contributed by atoms with Crippen LogP contribution in [0.1, 0.15) is 53.4 Å². The molecule has 0 aromatic rings. The molecule has 14 heteroatoms. The summed E-state index contributed by atoms with van der Waals surface area (Å²) in [5, 5.41) is 5.97. The lowest BCUT2D eigenvalue weighted by Crippen LogP contribution is -2.61. The van der Waals surface area contributed by atoms with Gasteiger partial charge in [-0.25, -0.2) is 18.2 Å². The molecule has 3 N–H and O–H groups in total. The highest BCUT2D eigenvalue weighted by atomic mass is 35.5. The number of carbonyl (C=O) groups excluding carboxylic acids is 5. The second kappa shape index (κ2) is 11.0. The van der Waals surface area contributed by atoms with E-state index in [0.717, 1.165) is 0 Å². The molecule has 2 saturated carbocycles. The number of alkyl halides is 4. The maximum atomic E-state index is 13.8. The average molecular weight is 592 g/mol. The highest BCUT2D eigenvalue weighted by Gasteiger charge is 2.70. The fraction of sp³-hybridized carbons (Fsp3) is 0.808. The van der Waals surface area contributed by atoms with Crippen molar-refractivity contribution in [1.29, 1.82) is 0 Å². The number of hydrogen-bond donors (Lipinski definition) is 3. The molecule has 2 aliphatic heterocycles. The zero-order valence-corrected chi connectivity index (χ0v) is 23.8. The van der Waals surface area contributed by atoms with Crippen LogP contribution in [0.2, 0.25) is 0 Å². The standard InChI is InChI=1S/C26H37ClF3N5O5/c1-5-12(2)17(32-21(37)14-8-26(29,30)9-14)23(39)34-11-15-16(25(15,3)4)18(34)22(38)33-35(24(40)19(27)28)10-13-6-7-31-20(13)36/h12-19H,5-11H2,1-4H3,(H,31,36)(H,32,37)(H,33,38)/t12-,13-,15-,16-,17-,18-,19-/m0/s1. The molecule has 2 aliphatic carbocycles. The Bertz CT molecular complexity index is 1070. The van der Waals surface area contributed by atoms with Gasteiger partial charge in [-0.3, -0.25) is 29.4 Å². The summed E-state index contributed by atoms with van der Waals surface area (Å²) >= 11 is 5.39. The topological polar surface area (TPSA) is 128 Å². The van der Waals surface area contributed by atoms with Gasteiger partial charge in [0.1, 0.15) is 12.1 Å². The van der Waals surface area contributed by atoms with Crippen molar-refractivity contribution in [2.75, 3.05) is 19.6 Å². The van der Waals surface area contributed by atoms with E-state index in [-0.39, 0.29) is 42.2 Å². The molecule has 2 heterocycles. The van der Waals surface area contributed by atoms with Crippen LogP contribution in [0, 0.1) is 35.0 Å². The van der Waals surface area contributed by atoms with Crippen LogP contribution in [0.4, 0.5) is 13.2 Å². The third-order valence-corrected chi connectivity index (χ3v) is 9.45. The number of carbonyl (C=O) groups is 5. The van der Waals surface area contributed by atoms with Gasteiger partial charge in [0.2, 0.25) is 23.6 Å². The molecule has 40 heavy (non-hydrogen) atoms. The van der Waals surface area contributed by atoms with Gasteiger partial charge in [0.05, 0.1) is 12.5 Å². The maximum absolute atomic E-state index is 13.8. The van der Waals surface area contributed by atoms with Crippen LogP contribution >= 0.6 is 11.6 Å². The molecule has 4 aliphatic rings. The third kappa shape index (κ3) is 5.75. The molecule has 0 aromatic heterocycles. The predicted octanol–water partition coefficient (Wildman–Crippen LogP) is 1.58. The first kappa shape index (κ1) is 30.4. The highest BCUT2D eigenvalue weighted by molar-refractivity contribution is 6.29. The molecule has 5 amide bonds. The van der Waals surface area contributed by atoms with Crippen molar-refractivity contribution in [1.82, 2.24) is 26.0 Å². The molecule has 0 aromatic carbocycles. The van der Waals surface area contributed by atoms with Crippen LogP contribution in [0.25, 0.3) is 0 Å². The Morgan fingerprint density at radius 1 is 1.20 bits per heavy atom. The Morgan fingerprint density at radius 2 is 1.85 bits per heavy atom. The van der Waals surface area contributed by atoms with Crippen molar-refractivity contribution < 1.29 is 37.1 Å². The van der Waals surface area contributed by atoms with Gasteiger partial charge in [0.15, 0.2) is 0 Å². The van der Waals surface area contributed by atoms with Crippen LogP contribution < -0.4 is 16.1 Å². The smallest absolute Gasteiger partial charge is 0.291 e. The molecule has 0 unspecified atom stereocenters. The first-order valence-corrected chi connectivity index (χ1v) is 14.2. The summed E-state index contributed by atoms with van der Waals surface area (Å²) in [6.45, 7) is 7.80. The minimum absolute atomic E-state index is 0.0301. The number of piperidine rings is 1. The van der Waals surface area contributed by atoms with Gasteiger partial charge >= 0.3 is 0 Å². The van der Waals surface area contributed by atoms with E-state index in [1.165, 1.54) is 4.90 Å². The second-order valence-electron chi connectivity index (χ2n) is 12.2. The number of nitrogens with zero attached hydrogens (tertiary/aromatic N) is 2. The molecule has 7 atom stereocenters.